The molecule has 0 saturated heterocycles. The smallest absolute Gasteiger partial charge is 0.217 e. The highest BCUT2D eigenvalue weighted by atomic mass is 16.1. The molecule has 0 spiro atoms. The van der Waals surface area contributed by atoms with Crippen LogP contribution < -0.4 is 0 Å². The van der Waals surface area contributed by atoms with Gasteiger partial charge in [-0.15, -0.1) is 5.10 Å². The largest absolute Gasteiger partial charge is 0.291 e. The van der Waals surface area contributed by atoms with Crippen molar-refractivity contribution >= 4 is 5.78 Å². The zero-order valence-electron chi connectivity index (χ0n) is 10.3. The van der Waals surface area contributed by atoms with Crippen molar-refractivity contribution in [1.29, 1.82) is 0 Å². The average Bonchev–Trinajstić information content (AvgIpc) is 2.98. The van der Waals surface area contributed by atoms with Crippen LogP contribution in [0.3, 0.4) is 0 Å². The van der Waals surface area contributed by atoms with E-state index in [1.165, 1.54) is 5.56 Å². The lowest BCUT2D eigenvalue weighted by molar-refractivity contribution is 0.0977. The molecule has 0 fully saturated rings. The van der Waals surface area contributed by atoms with Crippen LogP contribution in [0.5, 0.6) is 0 Å². The highest BCUT2D eigenvalue weighted by molar-refractivity contribution is 5.92. The highest BCUT2D eigenvalue weighted by Crippen LogP contribution is 2.30. The summed E-state index contributed by atoms with van der Waals surface area (Å²) in [5.74, 6) is 1.32. The first-order valence-electron chi connectivity index (χ1n) is 6.33. The molecule has 1 aromatic carbocycles. The fourth-order valence-corrected chi connectivity index (χ4v) is 2.42. The van der Waals surface area contributed by atoms with Crippen LogP contribution in [0.4, 0.5) is 0 Å². The van der Waals surface area contributed by atoms with Crippen molar-refractivity contribution < 1.29 is 4.79 Å². The molecule has 0 aliphatic carbocycles. The Labute approximate surface area is 106 Å². The number of aromatic nitrogens is 3. The van der Waals surface area contributed by atoms with Gasteiger partial charge in [-0.25, -0.2) is 9.67 Å². The average molecular weight is 241 g/mol. The van der Waals surface area contributed by atoms with Crippen LogP contribution in [0.1, 0.15) is 47.8 Å². The van der Waals surface area contributed by atoms with Crippen molar-refractivity contribution in [3.63, 3.8) is 0 Å². The second kappa shape index (κ2) is 4.37. The van der Waals surface area contributed by atoms with E-state index in [9.17, 15) is 4.79 Å². The zero-order chi connectivity index (χ0) is 12.5. The molecule has 0 bridgehead atoms. The quantitative estimate of drug-likeness (QED) is 0.775. The minimum atomic E-state index is 0.0173. The standard InChI is InChI=1S/C14H15N3O/c1-2-12(18)14-15-13-9-8-11(17(13)16-14)10-6-4-3-5-7-10/h3-7,11H,2,8-9H2,1H3/t11-/m0/s1. The summed E-state index contributed by atoms with van der Waals surface area (Å²) in [5.41, 5.74) is 1.23. The number of benzene rings is 1. The lowest BCUT2D eigenvalue weighted by Gasteiger charge is -2.11. The number of carbonyl (C=O) groups is 1. The topological polar surface area (TPSA) is 47.8 Å². The number of ketones is 1. The molecule has 1 aliphatic heterocycles. The van der Waals surface area contributed by atoms with Crippen LogP contribution in [-0.4, -0.2) is 20.5 Å². The van der Waals surface area contributed by atoms with Crippen molar-refractivity contribution in [3.8, 4) is 0 Å². The normalized spacial score (nSPS) is 17.7. The van der Waals surface area contributed by atoms with Crippen LogP contribution in [0, 0.1) is 0 Å². The van der Waals surface area contributed by atoms with E-state index in [2.05, 4.69) is 22.2 Å². The third kappa shape index (κ3) is 1.74. The van der Waals surface area contributed by atoms with Crippen molar-refractivity contribution in [2.45, 2.75) is 32.2 Å². The second-order valence-electron chi connectivity index (χ2n) is 4.54. The molecule has 1 aliphatic rings. The van der Waals surface area contributed by atoms with E-state index < -0.39 is 0 Å². The molecule has 2 aromatic rings. The second-order valence-corrected chi connectivity index (χ2v) is 4.54. The summed E-state index contributed by atoms with van der Waals surface area (Å²) in [6, 6.07) is 10.5. The van der Waals surface area contributed by atoms with E-state index in [4.69, 9.17) is 0 Å². The molecule has 0 amide bonds. The Morgan fingerprint density at radius 1 is 1.39 bits per heavy atom. The third-order valence-electron chi connectivity index (χ3n) is 3.39. The molecule has 1 aromatic heterocycles. The van der Waals surface area contributed by atoms with Gasteiger partial charge < -0.3 is 0 Å². The number of nitrogens with zero attached hydrogens (tertiary/aromatic N) is 3. The molecule has 0 N–H and O–H groups in total. The van der Waals surface area contributed by atoms with Crippen LogP contribution in [0.2, 0.25) is 0 Å². The number of fused-ring (bicyclic) bond motifs is 1. The first-order valence-corrected chi connectivity index (χ1v) is 6.33. The van der Waals surface area contributed by atoms with Gasteiger partial charge in [0.2, 0.25) is 11.6 Å². The monoisotopic (exact) mass is 241 g/mol. The zero-order valence-corrected chi connectivity index (χ0v) is 10.3. The molecular formula is C14H15N3O. The first-order chi connectivity index (χ1) is 8.79. The fraction of sp³-hybridized carbons (Fsp3) is 0.357. The van der Waals surface area contributed by atoms with E-state index in [0.29, 0.717) is 12.2 Å². The molecule has 4 nitrogen and oxygen atoms in total. The summed E-state index contributed by atoms with van der Waals surface area (Å²) < 4.78 is 1.91. The minimum absolute atomic E-state index is 0.0173. The van der Waals surface area contributed by atoms with Gasteiger partial charge in [-0.1, -0.05) is 37.3 Å². The van der Waals surface area contributed by atoms with Crippen molar-refractivity contribution in [2.24, 2.45) is 0 Å². The van der Waals surface area contributed by atoms with Crippen molar-refractivity contribution in [1.82, 2.24) is 14.8 Å². The molecule has 0 radical (unpaired) electrons. The molecule has 4 heteroatoms. The Kier molecular flexibility index (Phi) is 2.70. The predicted molar refractivity (Wildman–Crippen MR) is 67.5 cm³/mol. The van der Waals surface area contributed by atoms with E-state index in [0.717, 1.165) is 18.7 Å². The predicted octanol–water partition coefficient (Wildman–Crippen LogP) is 2.41. The fourth-order valence-electron chi connectivity index (χ4n) is 2.42. The maximum Gasteiger partial charge on any atom is 0.217 e. The SMILES string of the molecule is CCC(=O)c1nc2n(n1)[C@H](c1ccccc1)CC2. The Hall–Kier alpha value is -1.97. The Balaban J connectivity index is 1.97. The molecule has 0 saturated carbocycles. The number of carbonyl (C=O) groups excluding carboxylic acids is 1. The Morgan fingerprint density at radius 2 is 2.17 bits per heavy atom. The summed E-state index contributed by atoms with van der Waals surface area (Å²) in [5, 5.41) is 4.38. The molecule has 3 rings (SSSR count). The van der Waals surface area contributed by atoms with Crippen LogP contribution in [0.15, 0.2) is 30.3 Å². The van der Waals surface area contributed by atoms with Gasteiger partial charge >= 0.3 is 0 Å². The lowest BCUT2D eigenvalue weighted by atomic mass is 10.1. The number of rotatable bonds is 3. The molecule has 0 unspecified atom stereocenters. The number of hydrogen-bond donors (Lipinski definition) is 0. The van der Waals surface area contributed by atoms with Gasteiger partial charge in [0.25, 0.3) is 0 Å². The van der Waals surface area contributed by atoms with E-state index in [1.54, 1.807) is 0 Å². The number of Topliss-reactive ketones (excluding diaryl/α,β-unsaturated/α-hetero) is 1. The number of aryl methyl sites for hydroxylation is 1. The van der Waals surface area contributed by atoms with Gasteiger partial charge in [0, 0.05) is 12.8 Å². The first kappa shape index (κ1) is 11.1. The molecular weight excluding hydrogens is 226 g/mol. The summed E-state index contributed by atoms with van der Waals surface area (Å²) in [7, 11) is 0. The lowest BCUT2D eigenvalue weighted by Crippen LogP contribution is -2.09. The van der Waals surface area contributed by atoms with Crippen LogP contribution in [-0.2, 0) is 6.42 Å². The third-order valence-corrected chi connectivity index (χ3v) is 3.39. The summed E-state index contributed by atoms with van der Waals surface area (Å²) in [6.07, 6.45) is 2.36. The van der Waals surface area contributed by atoms with Gasteiger partial charge in [-0.3, -0.25) is 4.79 Å². The van der Waals surface area contributed by atoms with Gasteiger partial charge in [0.05, 0.1) is 6.04 Å². The summed E-state index contributed by atoms with van der Waals surface area (Å²) in [6.45, 7) is 1.84. The number of hydrogen-bond acceptors (Lipinski definition) is 3. The molecule has 1 atom stereocenters. The van der Waals surface area contributed by atoms with Crippen molar-refractivity contribution in [3.05, 3.63) is 47.5 Å². The Morgan fingerprint density at radius 3 is 2.89 bits per heavy atom. The summed E-state index contributed by atoms with van der Waals surface area (Å²) in [4.78, 5) is 16.0. The van der Waals surface area contributed by atoms with E-state index in [1.807, 2.05) is 29.8 Å². The van der Waals surface area contributed by atoms with Gasteiger partial charge in [0.15, 0.2) is 0 Å². The van der Waals surface area contributed by atoms with Gasteiger partial charge in [-0.05, 0) is 12.0 Å². The van der Waals surface area contributed by atoms with Crippen LogP contribution in [0.25, 0.3) is 0 Å². The maximum atomic E-state index is 11.6. The summed E-state index contributed by atoms with van der Waals surface area (Å²) >= 11 is 0. The maximum absolute atomic E-state index is 11.6. The van der Waals surface area contributed by atoms with Crippen molar-refractivity contribution in [2.75, 3.05) is 0 Å². The minimum Gasteiger partial charge on any atom is -0.291 e. The van der Waals surface area contributed by atoms with Gasteiger partial charge in [-0.2, -0.15) is 0 Å². The molecule has 92 valence electrons. The van der Waals surface area contributed by atoms with E-state index in [-0.39, 0.29) is 11.8 Å². The molecule has 18 heavy (non-hydrogen) atoms. The Bertz CT molecular complexity index is 574. The van der Waals surface area contributed by atoms with Crippen LogP contribution >= 0.6 is 0 Å². The highest BCUT2D eigenvalue weighted by Gasteiger charge is 2.27. The van der Waals surface area contributed by atoms with Gasteiger partial charge in [0.1, 0.15) is 5.82 Å². The van der Waals surface area contributed by atoms with E-state index >= 15 is 0 Å². The molecule has 2 heterocycles.